The maximum atomic E-state index is 11.2. The number of fused-ring (bicyclic) bond motifs is 1. The third-order valence-electron chi connectivity index (χ3n) is 1.76. The van der Waals surface area contributed by atoms with Gasteiger partial charge in [-0.2, -0.15) is 0 Å². The molecule has 0 bridgehead atoms. The highest BCUT2D eigenvalue weighted by Crippen LogP contribution is 2.10. The average Bonchev–Trinajstić information content (AvgIpc) is 2.04. The van der Waals surface area contributed by atoms with E-state index in [2.05, 4.69) is 15.8 Å². The molecular formula is C9H6NO2. The molecule has 0 aliphatic carbocycles. The summed E-state index contributed by atoms with van der Waals surface area (Å²) in [4.78, 5) is 15.0. The zero-order chi connectivity index (χ0) is 8.55. The lowest BCUT2D eigenvalue weighted by Gasteiger charge is -1.95. The fourth-order valence-corrected chi connectivity index (χ4v) is 1.18. The van der Waals surface area contributed by atoms with E-state index in [1.54, 1.807) is 6.07 Å². The molecule has 12 heavy (non-hydrogen) atoms. The van der Waals surface area contributed by atoms with Crippen molar-refractivity contribution in [2.24, 2.45) is 0 Å². The van der Waals surface area contributed by atoms with Gasteiger partial charge in [-0.1, -0.05) is 12.1 Å². The van der Waals surface area contributed by atoms with Crippen LogP contribution in [0, 0.1) is 13.3 Å². The number of hydrogen-bond donors (Lipinski definition) is 0. The second kappa shape index (κ2) is 2.44. The van der Waals surface area contributed by atoms with E-state index in [1.165, 1.54) is 0 Å². The van der Waals surface area contributed by atoms with Gasteiger partial charge in [0.2, 0.25) is 0 Å². The molecule has 1 aromatic carbocycles. The Hall–Kier alpha value is -1.64. The van der Waals surface area contributed by atoms with Crippen molar-refractivity contribution in [3.63, 3.8) is 0 Å². The second-order valence-electron chi connectivity index (χ2n) is 2.56. The van der Waals surface area contributed by atoms with E-state index in [0.29, 0.717) is 10.9 Å². The third-order valence-corrected chi connectivity index (χ3v) is 1.76. The number of aromatic nitrogens is 1. The predicted molar refractivity (Wildman–Crippen MR) is 43.9 cm³/mol. The molecule has 0 saturated carbocycles. The first kappa shape index (κ1) is 7.03. The van der Waals surface area contributed by atoms with Crippen LogP contribution in [-0.4, -0.2) is 4.98 Å². The summed E-state index contributed by atoms with van der Waals surface area (Å²) in [5.74, 6) is 0. The monoisotopic (exact) mass is 160 g/mol. The topological polar surface area (TPSA) is 43.1 Å². The van der Waals surface area contributed by atoms with E-state index in [-0.39, 0.29) is 5.63 Å². The molecule has 0 unspecified atom stereocenters. The number of nitrogens with zero attached hydrogens (tertiary/aromatic N) is 1. The van der Waals surface area contributed by atoms with Crippen LogP contribution in [0.15, 0.2) is 27.4 Å². The molecule has 0 amide bonds. The van der Waals surface area contributed by atoms with Crippen molar-refractivity contribution >= 4 is 10.9 Å². The van der Waals surface area contributed by atoms with E-state index >= 15 is 0 Å². The Bertz CT molecular complexity index is 468. The Labute approximate surface area is 68.7 Å². The standard InChI is InChI=1S/C9H6NO2/c1-6-3-2-4-7-8(6)9(11)12-5-10-7/h2-4H,1H3. The van der Waals surface area contributed by atoms with Crippen LogP contribution in [-0.2, 0) is 0 Å². The van der Waals surface area contributed by atoms with Gasteiger partial charge in [-0.05, 0) is 18.6 Å². The summed E-state index contributed by atoms with van der Waals surface area (Å²) < 4.78 is 4.53. The first-order valence-corrected chi connectivity index (χ1v) is 3.55. The lowest BCUT2D eigenvalue weighted by atomic mass is 10.1. The molecule has 0 atom stereocenters. The molecule has 3 heteroatoms. The molecule has 0 N–H and O–H groups in total. The van der Waals surface area contributed by atoms with Gasteiger partial charge in [0.05, 0.1) is 10.9 Å². The van der Waals surface area contributed by atoms with E-state index in [4.69, 9.17) is 0 Å². The van der Waals surface area contributed by atoms with Gasteiger partial charge < -0.3 is 4.42 Å². The van der Waals surface area contributed by atoms with Crippen molar-refractivity contribution in [1.82, 2.24) is 4.98 Å². The quantitative estimate of drug-likeness (QED) is 0.583. The zero-order valence-electron chi connectivity index (χ0n) is 6.50. The van der Waals surface area contributed by atoms with Crippen molar-refractivity contribution in [2.75, 3.05) is 0 Å². The molecule has 0 fully saturated rings. The lowest BCUT2D eigenvalue weighted by Crippen LogP contribution is -2.01. The first-order valence-electron chi connectivity index (χ1n) is 3.55. The first-order chi connectivity index (χ1) is 5.79. The summed E-state index contributed by atoms with van der Waals surface area (Å²) >= 11 is 0. The highest BCUT2D eigenvalue weighted by Gasteiger charge is 2.02. The van der Waals surface area contributed by atoms with Crippen LogP contribution in [0.2, 0.25) is 0 Å². The van der Waals surface area contributed by atoms with Crippen LogP contribution in [0.4, 0.5) is 0 Å². The normalized spacial score (nSPS) is 10.4. The number of rotatable bonds is 0. The van der Waals surface area contributed by atoms with Crippen LogP contribution < -0.4 is 5.63 Å². The van der Waals surface area contributed by atoms with Gasteiger partial charge in [0.25, 0.3) is 6.39 Å². The Morgan fingerprint density at radius 1 is 1.50 bits per heavy atom. The minimum atomic E-state index is -0.377. The fraction of sp³-hybridized carbons (Fsp3) is 0.111. The van der Waals surface area contributed by atoms with Crippen molar-refractivity contribution in [1.29, 1.82) is 0 Å². The summed E-state index contributed by atoms with van der Waals surface area (Å²) in [5.41, 5.74) is 1.13. The number of hydrogen-bond acceptors (Lipinski definition) is 3. The van der Waals surface area contributed by atoms with Gasteiger partial charge in [0, 0.05) is 0 Å². The van der Waals surface area contributed by atoms with Crippen LogP contribution in [0.3, 0.4) is 0 Å². The van der Waals surface area contributed by atoms with Crippen LogP contribution in [0.25, 0.3) is 10.9 Å². The van der Waals surface area contributed by atoms with Crippen LogP contribution >= 0.6 is 0 Å². The highest BCUT2D eigenvalue weighted by molar-refractivity contribution is 5.80. The summed E-state index contributed by atoms with van der Waals surface area (Å²) in [6.07, 6.45) is 2.19. The number of aryl methyl sites for hydroxylation is 1. The minimum Gasteiger partial charge on any atom is -0.398 e. The molecule has 0 spiro atoms. The molecule has 0 saturated heterocycles. The molecule has 1 aromatic heterocycles. The predicted octanol–water partition coefficient (Wildman–Crippen LogP) is 1.30. The highest BCUT2D eigenvalue weighted by atomic mass is 16.4. The molecule has 59 valence electrons. The maximum absolute atomic E-state index is 11.2. The Balaban J connectivity index is 3.07. The van der Waals surface area contributed by atoms with Gasteiger partial charge in [0.1, 0.15) is 0 Å². The largest absolute Gasteiger partial charge is 0.398 e. The molecule has 3 nitrogen and oxygen atoms in total. The van der Waals surface area contributed by atoms with Gasteiger partial charge >= 0.3 is 5.63 Å². The van der Waals surface area contributed by atoms with Crippen molar-refractivity contribution in [3.8, 4) is 0 Å². The molecule has 2 aromatic rings. The number of benzene rings is 1. The van der Waals surface area contributed by atoms with Crippen molar-refractivity contribution in [3.05, 3.63) is 40.6 Å². The fourth-order valence-electron chi connectivity index (χ4n) is 1.18. The molecule has 0 aliphatic heterocycles. The van der Waals surface area contributed by atoms with E-state index < -0.39 is 0 Å². The molecule has 0 aliphatic rings. The van der Waals surface area contributed by atoms with Gasteiger partial charge in [-0.3, -0.25) is 0 Å². The minimum absolute atomic E-state index is 0.377. The Morgan fingerprint density at radius 2 is 2.33 bits per heavy atom. The second-order valence-corrected chi connectivity index (χ2v) is 2.56. The van der Waals surface area contributed by atoms with Crippen LogP contribution in [0.5, 0.6) is 0 Å². The lowest BCUT2D eigenvalue weighted by molar-refractivity contribution is 0.491. The van der Waals surface area contributed by atoms with Gasteiger partial charge in [0.15, 0.2) is 0 Å². The van der Waals surface area contributed by atoms with E-state index in [9.17, 15) is 4.79 Å². The molecular weight excluding hydrogens is 154 g/mol. The van der Waals surface area contributed by atoms with Crippen molar-refractivity contribution < 1.29 is 4.42 Å². The Morgan fingerprint density at radius 3 is 3.08 bits per heavy atom. The van der Waals surface area contributed by atoms with Crippen LogP contribution in [0.1, 0.15) is 5.56 Å². The smallest absolute Gasteiger partial charge is 0.347 e. The molecule has 1 heterocycles. The summed E-state index contributed by atoms with van der Waals surface area (Å²) in [5, 5.41) is 0.538. The van der Waals surface area contributed by atoms with Crippen molar-refractivity contribution in [2.45, 2.75) is 6.92 Å². The van der Waals surface area contributed by atoms with E-state index in [1.807, 2.05) is 19.1 Å². The average molecular weight is 160 g/mol. The molecule has 1 radical (unpaired) electrons. The SMILES string of the molecule is Cc1cccc2n[c]oc(=O)c12. The Kier molecular flexibility index (Phi) is 1.43. The van der Waals surface area contributed by atoms with Gasteiger partial charge in [-0.15, -0.1) is 0 Å². The maximum Gasteiger partial charge on any atom is 0.347 e. The summed E-state index contributed by atoms with van der Waals surface area (Å²) in [6, 6.07) is 5.45. The molecule has 2 rings (SSSR count). The van der Waals surface area contributed by atoms with E-state index in [0.717, 1.165) is 5.56 Å². The zero-order valence-corrected chi connectivity index (χ0v) is 6.50. The summed E-state index contributed by atoms with van der Waals surface area (Å²) in [7, 11) is 0. The van der Waals surface area contributed by atoms with Gasteiger partial charge in [-0.25, -0.2) is 9.78 Å². The third kappa shape index (κ3) is 0.906. The summed E-state index contributed by atoms with van der Waals surface area (Å²) in [6.45, 7) is 1.85.